The van der Waals surface area contributed by atoms with E-state index < -0.39 is 6.04 Å². The Morgan fingerprint density at radius 1 is 1.35 bits per heavy atom. The molecule has 5 nitrogen and oxygen atoms in total. The SMILES string of the molecule is COc1ccc(C(CO)N(C)C(=O)c2ccc[nH]2)cc1. The molecule has 0 aliphatic rings. The lowest BCUT2D eigenvalue weighted by Gasteiger charge is -2.26. The number of hydrogen-bond acceptors (Lipinski definition) is 3. The molecule has 0 aliphatic heterocycles. The van der Waals surface area contributed by atoms with Crippen LogP contribution in [0.3, 0.4) is 0 Å². The number of benzene rings is 1. The second kappa shape index (κ2) is 6.25. The van der Waals surface area contributed by atoms with Crippen LogP contribution in [-0.4, -0.2) is 41.7 Å². The number of rotatable bonds is 5. The molecule has 106 valence electrons. The number of nitrogens with one attached hydrogen (secondary N) is 1. The summed E-state index contributed by atoms with van der Waals surface area (Å²) in [5, 5.41) is 9.59. The first-order valence-electron chi connectivity index (χ1n) is 6.32. The van der Waals surface area contributed by atoms with Gasteiger partial charge in [-0.1, -0.05) is 12.1 Å². The number of carbonyl (C=O) groups excluding carboxylic acids is 1. The zero-order valence-electron chi connectivity index (χ0n) is 11.5. The number of methoxy groups -OCH3 is 1. The van der Waals surface area contributed by atoms with Gasteiger partial charge in [-0.05, 0) is 29.8 Å². The first-order chi connectivity index (χ1) is 9.67. The van der Waals surface area contributed by atoms with E-state index in [2.05, 4.69) is 4.98 Å². The van der Waals surface area contributed by atoms with Crippen molar-refractivity contribution in [2.45, 2.75) is 6.04 Å². The molecule has 1 amide bonds. The number of nitrogens with zero attached hydrogens (tertiary/aromatic N) is 1. The lowest BCUT2D eigenvalue weighted by atomic mass is 10.1. The fourth-order valence-corrected chi connectivity index (χ4v) is 2.07. The quantitative estimate of drug-likeness (QED) is 0.874. The van der Waals surface area contributed by atoms with Gasteiger partial charge >= 0.3 is 0 Å². The average molecular weight is 274 g/mol. The molecule has 1 aromatic carbocycles. The Balaban J connectivity index is 2.20. The van der Waals surface area contributed by atoms with Gasteiger partial charge in [0.2, 0.25) is 0 Å². The van der Waals surface area contributed by atoms with Gasteiger partial charge in [0.15, 0.2) is 0 Å². The molecule has 1 unspecified atom stereocenters. The van der Waals surface area contributed by atoms with Crippen LogP contribution in [-0.2, 0) is 0 Å². The lowest BCUT2D eigenvalue weighted by molar-refractivity contribution is 0.0653. The molecule has 5 heteroatoms. The number of aromatic amines is 1. The van der Waals surface area contributed by atoms with Crippen LogP contribution in [0.5, 0.6) is 5.75 Å². The van der Waals surface area contributed by atoms with Gasteiger partial charge < -0.3 is 19.7 Å². The summed E-state index contributed by atoms with van der Waals surface area (Å²) in [6, 6.07) is 10.4. The molecule has 20 heavy (non-hydrogen) atoms. The number of aromatic nitrogens is 1. The van der Waals surface area contributed by atoms with E-state index in [0.29, 0.717) is 5.69 Å². The monoisotopic (exact) mass is 274 g/mol. The number of ether oxygens (including phenoxy) is 1. The number of carbonyl (C=O) groups is 1. The van der Waals surface area contributed by atoms with Gasteiger partial charge in [-0.2, -0.15) is 0 Å². The molecule has 2 aromatic rings. The highest BCUT2D eigenvalue weighted by molar-refractivity contribution is 5.92. The van der Waals surface area contributed by atoms with E-state index in [1.54, 1.807) is 32.5 Å². The first kappa shape index (κ1) is 14.1. The second-order valence-corrected chi connectivity index (χ2v) is 4.47. The topological polar surface area (TPSA) is 65.6 Å². The molecule has 2 rings (SSSR count). The Bertz CT molecular complexity index is 549. The van der Waals surface area contributed by atoms with Gasteiger partial charge in [0.25, 0.3) is 5.91 Å². The van der Waals surface area contributed by atoms with Gasteiger partial charge in [-0.25, -0.2) is 0 Å². The maximum Gasteiger partial charge on any atom is 0.270 e. The van der Waals surface area contributed by atoms with Crippen LogP contribution in [0.1, 0.15) is 22.1 Å². The minimum absolute atomic E-state index is 0.144. The Morgan fingerprint density at radius 2 is 2.05 bits per heavy atom. The van der Waals surface area contributed by atoms with Crippen LogP contribution in [0.15, 0.2) is 42.6 Å². The lowest BCUT2D eigenvalue weighted by Crippen LogP contribution is -2.33. The number of amides is 1. The molecule has 0 radical (unpaired) electrons. The van der Waals surface area contributed by atoms with Crippen LogP contribution < -0.4 is 4.74 Å². The summed E-state index contributed by atoms with van der Waals surface area (Å²) in [4.78, 5) is 16.7. The Labute approximate surface area is 117 Å². The third-order valence-corrected chi connectivity index (χ3v) is 3.29. The molecule has 1 aromatic heterocycles. The third kappa shape index (κ3) is 2.83. The van der Waals surface area contributed by atoms with E-state index in [0.717, 1.165) is 11.3 Å². The molecule has 2 N–H and O–H groups in total. The predicted octanol–water partition coefficient (Wildman–Crippen LogP) is 1.83. The molecule has 0 spiro atoms. The normalized spacial score (nSPS) is 11.9. The standard InChI is InChI=1S/C15H18N2O3/c1-17(15(19)13-4-3-9-16-13)14(10-18)11-5-7-12(20-2)8-6-11/h3-9,14,16,18H,10H2,1-2H3. The minimum atomic E-state index is -0.392. The third-order valence-electron chi connectivity index (χ3n) is 3.29. The molecule has 1 atom stereocenters. The number of aliphatic hydroxyl groups is 1. The average Bonchev–Trinajstić information content (AvgIpc) is 3.02. The molecular weight excluding hydrogens is 256 g/mol. The van der Waals surface area contributed by atoms with Crippen molar-refractivity contribution in [1.82, 2.24) is 9.88 Å². The highest BCUT2D eigenvalue weighted by Crippen LogP contribution is 2.23. The van der Waals surface area contributed by atoms with E-state index in [9.17, 15) is 9.90 Å². The first-order valence-corrected chi connectivity index (χ1v) is 6.32. The molecule has 0 aliphatic carbocycles. The molecule has 0 saturated carbocycles. The summed E-state index contributed by atoms with van der Waals surface area (Å²) < 4.78 is 5.10. The summed E-state index contributed by atoms with van der Waals surface area (Å²) in [6.45, 7) is -0.144. The number of aliphatic hydroxyl groups excluding tert-OH is 1. The Morgan fingerprint density at radius 3 is 2.55 bits per heavy atom. The summed E-state index contributed by atoms with van der Waals surface area (Å²) in [7, 11) is 3.27. The maximum absolute atomic E-state index is 12.3. The van der Waals surface area contributed by atoms with E-state index >= 15 is 0 Å². The summed E-state index contributed by atoms with van der Waals surface area (Å²) in [6.07, 6.45) is 1.70. The molecular formula is C15H18N2O3. The van der Waals surface area contributed by atoms with E-state index in [-0.39, 0.29) is 12.5 Å². The van der Waals surface area contributed by atoms with Crippen LogP contribution >= 0.6 is 0 Å². The fraction of sp³-hybridized carbons (Fsp3) is 0.267. The zero-order chi connectivity index (χ0) is 14.5. The molecule has 0 bridgehead atoms. The smallest absolute Gasteiger partial charge is 0.270 e. The van der Waals surface area contributed by atoms with E-state index in [1.807, 2.05) is 24.3 Å². The van der Waals surface area contributed by atoms with Crippen LogP contribution in [0.4, 0.5) is 0 Å². The zero-order valence-corrected chi connectivity index (χ0v) is 11.5. The van der Waals surface area contributed by atoms with Crippen molar-refractivity contribution in [3.8, 4) is 5.75 Å². The van der Waals surface area contributed by atoms with Crippen molar-refractivity contribution >= 4 is 5.91 Å². The summed E-state index contributed by atoms with van der Waals surface area (Å²) >= 11 is 0. The van der Waals surface area contributed by atoms with Crippen molar-refractivity contribution in [2.24, 2.45) is 0 Å². The van der Waals surface area contributed by atoms with Crippen molar-refractivity contribution < 1.29 is 14.6 Å². The minimum Gasteiger partial charge on any atom is -0.497 e. The van der Waals surface area contributed by atoms with Crippen molar-refractivity contribution in [3.05, 3.63) is 53.9 Å². The van der Waals surface area contributed by atoms with Gasteiger partial charge in [0, 0.05) is 13.2 Å². The Hall–Kier alpha value is -2.27. The maximum atomic E-state index is 12.3. The van der Waals surface area contributed by atoms with Crippen molar-refractivity contribution in [3.63, 3.8) is 0 Å². The van der Waals surface area contributed by atoms with Crippen molar-refractivity contribution in [2.75, 3.05) is 20.8 Å². The van der Waals surface area contributed by atoms with E-state index in [4.69, 9.17) is 4.74 Å². The summed E-state index contributed by atoms with van der Waals surface area (Å²) in [5.74, 6) is 0.577. The van der Waals surface area contributed by atoms with Gasteiger partial charge in [0.1, 0.15) is 11.4 Å². The molecule has 0 saturated heterocycles. The molecule has 1 heterocycles. The van der Waals surface area contributed by atoms with Crippen molar-refractivity contribution in [1.29, 1.82) is 0 Å². The largest absolute Gasteiger partial charge is 0.497 e. The number of H-pyrrole nitrogens is 1. The second-order valence-electron chi connectivity index (χ2n) is 4.47. The van der Waals surface area contributed by atoms with Gasteiger partial charge in [-0.15, -0.1) is 0 Å². The number of likely N-dealkylation sites (N-methyl/N-ethyl adjacent to an activating group) is 1. The fourth-order valence-electron chi connectivity index (χ4n) is 2.07. The summed E-state index contributed by atoms with van der Waals surface area (Å²) in [5.41, 5.74) is 1.36. The predicted molar refractivity (Wildman–Crippen MR) is 75.7 cm³/mol. The number of hydrogen-bond donors (Lipinski definition) is 2. The van der Waals surface area contributed by atoms with Crippen LogP contribution in [0.25, 0.3) is 0 Å². The van der Waals surface area contributed by atoms with Crippen LogP contribution in [0, 0.1) is 0 Å². The van der Waals surface area contributed by atoms with Gasteiger partial charge in [-0.3, -0.25) is 4.79 Å². The highest BCUT2D eigenvalue weighted by atomic mass is 16.5. The van der Waals surface area contributed by atoms with Crippen LogP contribution in [0.2, 0.25) is 0 Å². The van der Waals surface area contributed by atoms with E-state index in [1.165, 1.54) is 4.90 Å². The highest BCUT2D eigenvalue weighted by Gasteiger charge is 2.22. The Kier molecular flexibility index (Phi) is 4.42. The van der Waals surface area contributed by atoms with Gasteiger partial charge in [0.05, 0.1) is 19.8 Å². The molecule has 0 fully saturated rings.